The molecular weight excluding hydrogens is 797 g/mol. The van der Waals surface area contributed by atoms with Crippen LogP contribution in [0.5, 0.6) is 0 Å². The van der Waals surface area contributed by atoms with Gasteiger partial charge in [0.1, 0.15) is 26.4 Å². The molecule has 0 aliphatic carbocycles. The molecule has 2 N–H and O–H groups in total. The Hall–Kier alpha value is -6.64. The van der Waals surface area contributed by atoms with Gasteiger partial charge >= 0.3 is 23.9 Å². The van der Waals surface area contributed by atoms with Crippen LogP contribution in [-0.2, 0) is 38.1 Å². The third-order valence-electron chi connectivity index (χ3n) is 7.21. The summed E-state index contributed by atoms with van der Waals surface area (Å²) in [6.45, 7) is 23.3. The van der Waals surface area contributed by atoms with Crippen LogP contribution in [0.15, 0.2) is 122 Å². The van der Waals surface area contributed by atoms with Gasteiger partial charge in [-0.25, -0.2) is 14.4 Å². The van der Waals surface area contributed by atoms with Crippen LogP contribution >= 0.6 is 0 Å². The van der Waals surface area contributed by atoms with Gasteiger partial charge in [-0.3, -0.25) is 4.79 Å². The molecule has 340 valence electrons. The highest BCUT2D eigenvalue weighted by atomic mass is 16.6. The van der Waals surface area contributed by atoms with Crippen LogP contribution in [0.1, 0.15) is 72.4 Å². The molecule has 0 aliphatic rings. The molecule has 0 atom stereocenters. The number of quaternary nitrogens is 2. The Kier molecular flexibility index (Phi) is 37.1. The SMILES string of the molecule is C=C(C)C(=O)OCCOC(=O)CCC(=O)[O-].C=C(C)C(=O)OCCOC(=O)c1ccccc1C(=O)[O-].C=Cc1ccccc1.C=Cc1ccccc1.CC[NH+](C)C.CC[NH+](C)C. The Labute approximate surface area is 367 Å². The molecule has 0 fully saturated rings. The third kappa shape index (κ3) is 36.4. The molecule has 0 bridgehead atoms. The van der Waals surface area contributed by atoms with Crippen molar-refractivity contribution in [2.75, 3.05) is 67.7 Å². The highest BCUT2D eigenvalue weighted by molar-refractivity contribution is 6.01. The Balaban J connectivity index is -0.000000731. The van der Waals surface area contributed by atoms with Crippen molar-refractivity contribution in [1.29, 1.82) is 0 Å². The zero-order chi connectivity index (χ0) is 47.9. The molecule has 0 aromatic heterocycles. The lowest BCUT2D eigenvalue weighted by Crippen LogP contribution is -3.05. The van der Waals surface area contributed by atoms with Crippen molar-refractivity contribution in [3.8, 4) is 0 Å². The maximum atomic E-state index is 11.7. The second-order valence-electron chi connectivity index (χ2n) is 13.2. The van der Waals surface area contributed by atoms with Gasteiger partial charge in [0.05, 0.1) is 59.2 Å². The summed E-state index contributed by atoms with van der Waals surface area (Å²) in [7, 11) is 8.56. The Bertz CT molecular complexity index is 1740. The van der Waals surface area contributed by atoms with Gasteiger partial charge in [-0.05, 0) is 51.3 Å². The monoisotopic (exact) mass is 862 g/mol. The number of ether oxygens (including phenoxy) is 4. The second-order valence-corrected chi connectivity index (χ2v) is 13.2. The van der Waals surface area contributed by atoms with Crippen molar-refractivity contribution in [1.82, 2.24) is 0 Å². The largest absolute Gasteiger partial charge is 0.550 e. The van der Waals surface area contributed by atoms with E-state index in [-0.39, 0.29) is 61.5 Å². The van der Waals surface area contributed by atoms with Gasteiger partial charge in [-0.1, -0.05) is 117 Å². The number of aromatic carboxylic acids is 1. The summed E-state index contributed by atoms with van der Waals surface area (Å²) in [5.41, 5.74) is 2.47. The number of rotatable bonds is 17. The lowest BCUT2D eigenvalue weighted by Gasteiger charge is -2.10. The van der Waals surface area contributed by atoms with Gasteiger partial charge in [0.25, 0.3) is 0 Å². The van der Waals surface area contributed by atoms with Gasteiger partial charge in [-0.15, -0.1) is 0 Å². The molecule has 62 heavy (non-hydrogen) atoms. The summed E-state index contributed by atoms with van der Waals surface area (Å²) in [5, 5.41) is 20.8. The maximum absolute atomic E-state index is 11.7. The van der Waals surface area contributed by atoms with Gasteiger partial charge in [-0.2, -0.15) is 0 Å². The molecule has 0 spiro atoms. The number of nitrogens with one attached hydrogen (secondary N) is 2. The van der Waals surface area contributed by atoms with Crippen LogP contribution in [0.25, 0.3) is 12.2 Å². The molecule has 0 aliphatic heterocycles. The summed E-state index contributed by atoms with van der Waals surface area (Å²) in [6.07, 6.45) is 3.03. The third-order valence-corrected chi connectivity index (χ3v) is 7.21. The minimum absolute atomic E-state index is 0.0806. The second kappa shape index (κ2) is 38.6. The first-order chi connectivity index (χ1) is 29.3. The van der Waals surface area contributed by atoms with Crippen LogP contribution in [0, 0.1) is 0 Å². The average Bonchev–Trinajstić information content (AvgIpc) is 3.27. The lowest BCUT2D eigenvalue weighted by atomic mass is 10.1. The van der Waals surface area contributed by atoms with Crippen molar-refractivity contribution >= 4 is 48.0 Å². The molecule has 0 saturated carbocycles. The smallest absolute Gasteiger partial charge is 0.338 e. The number of carboxylic acids is 2. The molecule has 0 heterocycles. The fourth-order valence-corrected chi connectivity index (χ4v) is 3.18. The molecule has 14 nitrogen and oxygen atoms in total. The number of aliphatic carboxylic acids is 1. The van der Waals surface area contributed by atoms with Crippen LogP contribution in [0.3, 0.4) is 0 Å². The summed E-state index contributed by atoms with van der Waals surface area (Å²) >= 11 is 0. The Morgan fingerprint density at radius 3 is 1.19 bits per heavy atom. The van der Waals surface area contributed by atoms with Crippen LogP contribution in [0.2, 0.25) is 0 Å². The molecular formula is C48H66N2O12. The molecule has 3 rings (SSSR count). The van der Waals surface area contributed by atoms with Crippen molar-refractivity contribution in [2.24, 2.45) is 0 Å². The number of carbonyl (C=O) groups excluding carboxylic acids is 6. The first-order valence-electron chi connectivity index (χ1n) is 19.7. The minimum Gasteiger partial charge on any atom is -0.550 e. The summed E-state index contributed by atoms with van der Waals surface area (Å²) in [4.78, 5) is 68.3. The van der Waals surface area contributed by atoms with E-state index < -0.39 is 35.8 Å². The van der Waals surface area contributed by atoms with Crippen molar-refractivity contribution in [3.63, 3.8) is 0 Å². The topological polar surface area (TPSA) is 194 Å². The van der Waals surface area contributed by atoms with Gasteiger partial charge in [0.15, 0.2) is 0 Å². The molecule has 0 radical (unpaired) electrons. The number of hydrogen-bond donors (Lipinski definition) is 2. The fraction of sp³-hybridized carbons (Fsp3) is 0.333. The zero-order valence-electron chi connectivity index (χ0n) is 37.6. The van der Waals surface area contributed by atoms with E-state index in [1.807, 2.05) is 72.8 Å². The standard InChI is InChI=1S/C14H14O6.C10H14O6.2C8H8.2C4H11N/c1-9(2)13(17)19-7-8-20-14(18)11-6-4-3-5-10(11)12(15)16;1-7(2)10(14)16-6-5-15-9(13)4-3-8(11)12;2*1-2-8-6-4-3-5-7-8;2*1-4-5(2)3/h3-6H,1,7-8H2,2H3,(H,15,16);1,3-6H2,2H3,(H,11,12);2*2-7H,1H2;2*4H2,1-3H3. The minimum atomic E-state index is -1.47. The quantitative estimate of drug-likeness (QED) is 0.0873. The Morgan fingerprint density at radius 2 is 0.887 bits per heavy atom. The molecule has 14 heteroatoms. The molecule has 0 saturated heterocycles. The van der Waals surface area contributed by atoms with Crippen LogP contribution < -0.4 is 20.0 Å². The van der Waals surface area contributed by atoms with E-state index in [0.29, 0.717) is 0 Å². The van der Waals surface area contributed by atoms with E-state index in [1.54, 1.807) is 0 Å². The molecule has 3 aromatic carbocycles. The first-order valence-corrected chi connectivity index (χ1v) is 19.7. The normalized spacial score (nSPS) is 9.26. The van der Waals surface area contributed by atoms with Gasteiger partial charge in [0.2, 0.25) is 0 Å². The van der Waals surface area contributed by atoms with Crippen LogP contribution in [-0.4, -0.2) is 104 Å². The summed E-state index contributed by atoms with van der Waals surface area (Å²) < 4.78 is 18.8. The number of carboxylic acid groups (broad SMARTS) is 2. The van der Waals surface area contributed by atoms with Gasteiger partial charge in [0, 0.05) is 22.7 Å². The lowest BCUT2D eigenvalue weighted by molar-refractivity contribution is -0.856. The molecule has 3 aromatic rings. The van der Waals surface area contributed by atoms with E-state index >= 15 is 0 Å². The number of esters is 4. The summed E-state index contributed by atoms with van der Waals surface area (Å²) in [5.74, 6) is -5.43. The average molecular weight is 863 g/mol. The van der Waals surface area contributed by atoms with Crippen LogP contribution in [0.4, 0.5) is 0 Å². The van der Waals surface area contributed by atoms with E-state index in [1.165, 1.54) is 72.1 Å². The predicted octanol–water partition coefficient (Wildman–Crippen LogP) is 2.47. The molecule has 0 unspecified atom stereocenters. The summed E-state index contributed by atoms with van der Waals surface area (Å²) in [6, 6.07) is 25.6. The Morgan fingerprint density at radius 1 is 0.548 bits per heavy atom. The number of benzene rings is 3. The first kappa shape index (κ1) is 59.7. The van der Waals surface area contributed by atoms with E-state index in [0.717, 1.165) is 0 Å². The van der Waals surface area contributed by atoms with E-state index in [4.69, 9.17) is 9.47 Å². The van der Waals surface area contributed by atoms with Crippen molar-refractivity contribution in [3.05, 3.63) is 145 Å². The van der Waals surface area contributed by atoms with Crippen molar-refractivity contribution < 1.29 is 67.7 Å². The highest BCUT2D eigenvalue weighted by Crippen LogP contribution is 2.09. The van der Waals surface area contributed by atoms with E-state index in [9.17, 15) is 39.0 Å². The van der Waals surface area contributed by atoms with Crippen molar-refractivity contribution in [2.45, 2.75) is 40.5 Å². The number of carbonyl (C=O) groups is 6. The van der Waals surface area contributed by atoms with E-state index in [2.05, 4.69) is 77.8 Å². The predicted molar refractivity (Wildman–Crippen MR) is 238 cm³/mol. The number of hydrogen-bond acceptors (Lipinski definition) is 12. The van der Waals surface area contributed by atoms with Gasteiger partial charge < -0.3 is 48.5 Å². The fourth-order valence-electron chi connectivity index (χ4n) is 3.18. The zero-order valence-corrected chi connectivity index (χ0v) is 37.6. The molecule has 0 amide bonds. The highest BCUT2D eigenvalue weighted by Gasteiger charge is 2.13. The maximum Gasteiger partial charge on any atom is 0.338 e.